The minimum Gasteiger partial charge on any atom is -0.334 e. The van der Waals surface area contributed by atoms with Crippen molar-refractivity contribution in [3.63, 3.8) is 0 Å². The summed E-state index contributed by atoms with van der Waals surface area (Å²) in [6, 6.07) is 6.92. The average Bonchev–Trinajstić information content (AvgIpc) is 2.63. The van der Waals surface area contributed by atoms with Gasteiger partial charge in [0.05, 0.1) is 6.54 Å². The van der Waals surface area contributed by atoms with Gasteiger partial charge in [0.2, 0.25) is 5.91 Å². The zero-order valence-electron chi connectivity index (χ0n) is 14.3. The molecule has 0 bridgehead atoms. The molecule has 1 amide bonds. The van der Waals surface area contributed by atoms with Gasteiger partial charge in [-0.05, 0) is 30.5 Å². The van der Waals surface area contributed by atoms with E-state index < -0.39 is 0 Å². The third-order valence-electron chi connectivity index (χ3n) is 5.06. The van der Waals surface area contributed by atoms with Crippen LogP contribution in [-0.4, -0.2) is 52.9 Å². The van der Waals surface area contributed by atoms with Gasteiger partial charge >= 0.3 is 0 Å². The van der Waals surface area contributed by atoms with E-state index in [0.29, 0.717) is 19.1 Å². The van der Waals surface area contributed by atoms with Gasteiger partial charge in [0.1, 0.15) is 5.82 Å². The highest BCUT2D eigenvalue weighted by Gasteiger charge is 2.27. The molecule has 1 aromatic carbocycles. The Morgan fingerprint density at radius 2 is 1.79 bits per heavy atom. The van der Waals surface area contributed by atoms with Crippen molar-refractivity contribution in [2.24, 2.45) is 0 Å². The molecule has 2 aliphatic rings. The van der Waals surface area contributed by atoms with Crippen LogP contribution in [0.4, 0.5) is 4.39 Å². The van der Waals surface area contributed by atoms with Crippen LogP contribution in [0.25, 0.3) is 0 Å². The number of thioether (sulfide) groups is 1. The second-order valence-electron chi connectivity index (χ2n) is 6.83. The van der Waals surface area contributed by atoms with Crippen molar-refractivity contribution < 1.29 is 9.18 Å². The van der Waals surface area contributed by atoms with E-state index in [0.717, 1.165) is 43.0 Å². The van der Waals surface area contributed by atoms with E-state index in [1.54, 1.807) is 12.1 Å². The first-order chi connectivity index (χ1) is 11.7. The van der Waals surface area contributed by atoms with Crippen LogP contribution in [-0.2, 0) is 11.3 Å². The normalized spacial score (nSPS) is 20.0. The van der Waals surface area contributed by atoms with Gasteiger partial charge in [-0.15, -0.1) is 0 Å². The SMILES string of the molecule is O=C(CN1CCSCC1)N(Cc1ccc(F)cc1)C1CCCCC1. The molecule has 1 aromatic rings. The lowest BCUT2D eigenvalue weighted by atomic mass is 9.93. The summed E-state index contributed by atoms with van der Waals surface area (Å²) in [4.78, 5) is 17.3. The number of halogens is 1. The predicted molar refractivity (Wildman–Crippen MR) is 97.6 cm³/mol. The quantitative estimate of drug-likeness (QED) is 0.812. The highest BCUT2D eigenvalue weighted by Crippen LogP contribution is 2.25. The van der Waals surface area contributed by atoms with Gasteiger partial charge in [-0.1, -0.05) is 31.4 Å². The van der Waals surface area contributed by atoms with Crippen molar-refractivity contribution in [1.82, 2.24) is 9.80 Å². The summed E-state index contributed by atoms with van der Waals surface area (Å²) in [7, 11) is 0. The first-order valence-electron chi connectivity index (χ1n) is 9.06. The van der Waals surface area contributed by atoms with E-state index in [9.17, 15) is 9.18 Å². The molecule has 1 saturated heterocycles. The van der Waals surface area contributed by atoms with E-state index in [1.807, 2.05) is 11.8 Å². The van der Waals surface area contributed by atoms with Crippen LogP contribution in [0.2, 0.25) is 0 Å². The summed E-state index contributed by atoms with van der Waals surface area (Å²) in [5.74, 6) is 2.25. The van der Waals surface area contributed by atoms with Gasteiger partial charge in [0.25, 0.3) is 0 Å². The Balaban J connectivity index is 1.67. The molecule has 132 valence electrons. The number of rotatable bonds is 5. The first-order valence-corrected chi connectivity index (χ1v) is 10.2. The van der Waals surface area contributed by atoms with Crippen molar-refractivity contribution in [2.45, 2.75) is 44.7 Å². The fourth-order valence-electron chi connectivity index (χ4n) is 3.64. The minimum atomic E-state index is -0.222. The Morgan fingerprint density at radius 3 is 2.46 bits per heavy atom. The zero-order chi connectivity index (χ0) is 16.8. The molecule has 0 N–H and O–H groups in total. The lowest BCUT2D eigenvalue weighted by Gasteiger charge is -2.36. The van der Waals surface area contributed by atoms with Crippen molar-refractivity contribution in [2.75, 3.05) is 31.1 Å². The van der Waals surface area contributed by atoms with Crippen LogP contribution in [0, 0.1) is 5.82 Å². The molecule has 1 heterocycles. The molecule has 0 spiro atoms. The van der Waals surface area contributed by atoms with Crippen LogP contribution < -0.4 is 0 Å². The van der Waals surface area contributed by atoms with E-state index >= 15 is 0 Å². The molecule has 24 heavy (non-hydrogen) atoms. The molecule has 0 aromatic heterocycles. The van der Waals surface area contributed by atoms with E-state index in [2.05, 4.69) is 9.80 Å². The summed E-state index contributed by atoms with van der Waals surface area (Å²) < 4.78 is 13.2. The molecule has 3 nitrogen and oxygen atoms in total. The van der Waals surface area contributed by atoms with Gasteiger partial charge in [0.15, 0.2) is 0 Å². The van der Waals surface area contributed by atoms with E-state index in [1.165, 1.54) is 31.4 Å². The third-order valence-corrected chi connectivity index (χ3v) is 6.01. The van der Waals surface area contributed by atoms with Crippen molar-refractivity contribution in [3.8, 4) is 0 Å². The standard InChI is InChI=1S/C19H27FN2OS/c20-17-8-6-16(7-9-17)14-22(18-4-2-1-3-5-18)19(23)15-21-10-12-24-13-11-21/h6-9,18H,1-5,10-15H2. The van der Waals surface area contributed by atoms with E-state index in [-0.39, 0.29) is 11.7 Å². The Morgan fingerprint density at radius 1 is 1.12 bits per heavy atom. The van der Waals surface area contributed by atoms with E-state index in [4.69, 9.17) is 0 Å². The molecule has 2 fully saturated rings. The number of benzene rings is 1. The highest BCUT2D eigenvalue weighted by atomic mass is 32.2. The smallest absolute Gasteiger partial charge is 0.237 e. The van der Waals surface area contributed by atoms with Gasteiger partial charge in [-0.3, -0.25) is 9.69 Å². The zero-order valence-corrected chi connectivity index (χ0v) is 15.1. The monoisotopic (exact) mass is 350 g/mol. The topological polar surface area (TPSA) is 23.6 Å². The number of hydrogen-bond donors (Lipinski definition) is 0. The van der Waals surface area contributed by atoms with Crippen LogP contribution in [0.5, 0.6) is 0 Å². The lowest BCUT2D eigenvalue weighted by Crippen LogP contribution is -2.47. The largest absolute Gasteiger partial charge is 0.334 e. The van der Waals surface area contributed by atoms with Gasteiger partial charge in [-0.25, -0.2) is 4.39 Å². The van der Waals surface area contributed by atoms with Gasteiger partial charge < -0.3 is 4.90 Å². The summed E-state index contributed by atoms with van der Waals surface area (Å²) >= 11 is 1.96. The number of nitrogens with zero attached hydrogens (tertiary/aromatic N) is 2. The van der Waals surface area contributed by atoms with Gasteiger partial charge in [-0.2, -0.15) is 11.8 Å². The number of amides is 1. The molecule has 0 atom stereocenters. The first kappa shape index (κ1) is 17.7. The molecule has 3 rings (SSSR count). The fourth-order valence-corrected chi connectivity index (χ4v) is 4.62. The molecule has 0 unspecified atom stereocenters. The predicted octanol–water partition coefficient (Wildman–Crippen LogP) is 3.54. The Bertz CT molecular complexity index is 525. The Hall–Kier alpha value is -1.07. The van der Waals surface area contributed by atoms with Crippen molar-refractivity contribution >= 4 is 17.7 Å². The average molecular weight is 351 g/mol. The van der Waals surface area contributed by atoms with Crippen molar-refractivity contribution in [3.05, 3.63) is 35.6 Å². The molecule has 0 radical (unpaired) electrons. The second kappa shape index (κ2) is 8.86. The summed E-state index contributed by atoms with van der Waals surface area (Å²) in [5.41, 5.74) is 1.02. The number of hydrogen-bond acceptors (Lipinski definition) is 3. The number of carbonyl (C=O) groups excluding carboxylic acids is 1. The maximum atomic E-state index is 13.2. The molecule has 1 aliphatic carbocycles. The maximum absolute atomic E-state index is 13.2. The second-order valence-corrected chi connectivity index (χ2v) is 8.05. The number of carbonyl (C=O) groups is 1. The third kappa shape index (κ3) is 4.96. The summed E-state index contributed by atoms with van der Waals surface area (Å²) in [6.07, 6.45) is 5.89. The van der Waals surface area contributed by atoms with Crippen LogP contribution >= 0.6 is 11.8 Å². The Kier molecular flexibility index (Phi) is 6.55. The molecule has 1 aliphatic heterocycles. The van der Waals surface area contributed by atoms with Crippen LogP contribution in [0.3, 0.4) is 0 Å². The minimum absolute atomic E-state index is 0.222. The molecule has 1 saturated carbocycles. The maximum Gasteiger partial charge on any atom is 0.237 e. The molecular formula is C19H27FN2OS. The molecular weight excluding hydrogens is 323 g/mol. The van der Waals surface area contributed by atoms with Crippen LogP contribution in [0.15, 0.2) is 24.3 Å². The Labute approximate surface area is 148 Å². The van der Waals surface area contributed by atoms with Gasteiger partial charge in [0, 0.05) is 37.2 Å². The molecule has 5 heteroatoms. The lowest BCUT2D eigenvalue weighted by molar-refractivity contribution is -0.136. The summed E-state index contributed by atoms with van der Waals surface area (Å²) in [6.45, 7) is 3.14. The fraction of sp³-hybridized carbons (Fsp3) is 0.632. The van der Waals surface area contributed by atoms with Crippen molar-refractivity contribution in [1.29, 1.82) is 0 Å². The summed E-state index contributed by atoms with van der Waals surface area (Å²) in [5, 5.41) is 0. The van der Waals surface area contributed by atoms with Crippen LogP contribution in [0.1, 0.15) is 37.7 Å². The highest BCUT2D eigenvalue weighted by molar-refractivity contribution is 7.99.